The summed E-state index contributed by atoms with van der Waals surface area (Å²) in [5.41, 5.74) is 4.76. The minimum Gasteiger partial charge on any atom is -0.480 e. The maximum Gasteiger partial charge on any atom is 0.407 e. The van der Waals surface area contributed by atoms with Crippen molar-refractivity contribution >= 4 is 29.7 Å². The number of benzene rings is 2. The molecular formula is C27H28N2O5S. The van der Waals surface area contributed by atoms with Gasteiger partial charge in [0.1, 0.15) is 12.6 Å². The highest BCUT2D eigenvalue weighted by atomic mass is 32.2. The van der Waals surface area contributed by atoms with Gasteiger partial charge in [0.15, 0.2) is 0 Å². The van der Waals surface area contributed by atoms with E-state index in [1.54, 1.807) is 0 Å². The van der Waals surface area contributed by atoms with Crippen molar-refractivity contribution in [3.8, 4) is 11.1 Å². The van der Waals surface area contributed by atoms with Crippen molar-refractivity contribution in [1.82, 2.24) is 10.2 Å². The fourth-order valence-corrected chi connectivity index (χ4v) is 7.64. The topological polar surface area (TPSA) is 95.9 Å². The molecule has 7 nitrogen and oxygen atoms in total. The van der Waals surface area contributed by atoms with Gasteiger partial charge in [-0.3, -0.25) is 4.79 Å². The number of carbonyl (C=O) groups excluding carboxylic acids is 2. The number of fused-ring (bicyclic) bond motifs is 4. The quantitative estimate of drug-likeness (QED) is 0.657. The van der Waals surface area contributed by atoms with E-state index in [0.717, 1.165) is 12.8 Å². The summed E-state index contributed by atoms with van der Waals surface area (Å²) in [5.74, 6) is 0.451. The zero-order valence-corrected chi connectivity index (χ0v) is 20.1. The molecule has 2 saturated carbocycles. The fourth-order valence-electron chi connectivity index (χ4n) is 6.48. The molecular weight excluding hydrogens is 464 g/mol. The monoisotopic (exact) mass is 492 g/mol. The van der Waals surface area contributed by atoms with E-state index in [0.29, 0.717) is 24.0 Å². The van der Waals surface area contributed by atoms with E-state index < -0.39 is 18.1 Å². The van der Waals surface area contributed by atoms with E-state index >= 15 is 0 Å². The summed E-state index contributed by atoms with van der Waals surface area (Å²) in [5, 5.41) is 12.4. The van der Waals surface area contributed by atoms with Gasteiger partial charge in [0, 0.05) is 23.6 Å². The molecule has 1 unspecified atom stereocenters. The molecule has 1 aliphatic heterocycles. The highest BCUT2D eigenvalue weighted by Crippen LogP contribution is 2.50. The molecule has 3 fully saturated rings. The van der Waals surface area contributed by atoms with Crippen LogP contribution in [0.4, 0.5) is 4.79 Å². The van der Waals surface area contributed by atoms with Crippen LogP contribution < -0.4 is 5.32 Å². The lowest BCUT2D eigenvalue weighted by Crippen LogP contribution is -2.50. The average Bonchev–Trinajstić information content (AvgIpc) is 3.56. The lowest BCUT2D eigenvalue weighted by molar-refractivity contribution is -0.149. The van der Waals surface area contributed by atoms with Crippen molar-refractivity contribution in [1.29, 1.82) is 0 Å². The Labute approximate surface area is 208 Å². The van der Waals surface area contributed by atoms with Crippen LogP contribution in [0.15, 0.2) is 48.5 Å². The number of thioether (sulfide) groups is 1. The molecule has 5 atom stereocenters. The number of amides is 2. The number of hydrogen-bond acceptors (Lipinski definition) is 5. The number of carboxylic acids is 1. The molecule has 1 saturated heterocycles. The van der Waals surface area contributed by atoms with Gasteiger partial charge in [0.2, 0.25) is 5.91 Å². The second-order valence-electron chi connectivity index (χ2n) is 10.1. The lowest BCUT2D eigenvalue weighted by atomic mass is 9.71. The number of nitrogens with zero attached hydrogens (tertiary/aromatic N) is 1. The summed E-state index contributed by atoms with van der Waals surface area (Å²) in [7, 11) is 0. The molecule has 0 radical (unpaired) electrons. The summed E-state index contributed by atoms with van der Waals surface area (Å²) in [4.78, 5) is 38.7. The molecule has 2 aromatic rings. The first kappa shape index (κ1) is 22.5. The Balaban J connectivity index is 1.04. The number of alkyl carbamates (subject to hydrolysis) is 1. The van der Waals surface area contributed by atoms with E-state index in [9.17, 15) is 19.5 Å². The predicted octanol–water partition coefficient (Wildman–Crippen LogP) is 3.93. The zero-order valence-electron chi connectivity index (χ0n) is 19.3. The Morgan fingerprint density at radius 1 is 1.00 bits per heavy atom. The Hall–Kier alpha value is -3.00. The molecule has 0 bridgehead atoms. The second kappa shape index (κ2) is 8.90. The number of aliphatic carboxylic acids is 1. The molecule has 2 amide bonds. The normalized spacial score (nSPS) is 28.6. The zero-order chi connectivity index (χ0) is 24.1. The van der Waals surface area contributed by atoms with Gasteiger partial charge in [-0.2, -0.15) is 0 Å². The highest BCUT2D eigenvalue weighted by molar-refractivity contribution is 7.99. The van der Waals surface area contributed by atoms with Crippen LogP contribution in [0.25, 0.3) is 11.1 Å². The van der Waals surface area contributed by atoms with E-state index in [1.165, 1.54) is 38.9 Å². The SMILES string of the molecule is O=C(N[C@H]1C[C@H]2CC(C(=O)N3CSC[C@H]3C(=O)O)C[C@H]21)OCC1c2ccccc2-c2ccccc21. The number of ether oxygens (including phenoxy) is 1. The largest absolute Gasteiger partial charge is 0.480 e. The maximum absolute atomic E-state index is 13.0. The summed E-state index contributed by atoms with van der Waals surface area (Å²) < 4.78 is 5.70. The molecule has 1 heterocycles. The smallest absolute Gasteiger partial charge is 0.407 e. The molecule has 4 aliphatic rings. The van der Waals surface area contributed by atoms with Crippen molar-refractivity contribution in [2.24, 2.45) is 17.8 Å². The number of carboxylic acid groups (broad SMARTS) is 1. The van der Waals surface area contributed by atoms with Crippen LogP contribution in [0.1, 0.15) is 36.3 Å². The summed E-state index contributed by atoms with van der Waals surface area (Å²) in [6.07, 6.45) is 1.91. The van der Waals surface area contributed by atoms with E-state index in [1.807, 2.05) is 24.3 Å². The van der Waals surface area contributed by atoms with E-state index in [4.69, 9.17) is 4.74 Å². The third kappa shape index (κ3) is 3.88. The molecule has 8 heteroatoms. The molecule has 6 rings (SSSR count). The molecule has 35 heavy (non-hydrogen) atoms. The second-order valence-corrected chi connectivity index (χ2v) is 11.1. The lowest BCUT2D eigenvalue weighted by Gasteiger charge is -2.40. The molecule has 2 N–H and O–H groups in total. The average molecular weight is 493 g/mol. The molecule has 3 aliphatic carbocycles. The number of nitrogens with one attached hydrogen (secondary N) is 1. The summed E-state index contributed by atoms with van der Waals surface area (Å²) in [6.45, 7) is 0.283. The summed E-state index contributed by atoms with van der Waals surface area (Å²) >= 11 is 1.49. The maximum atomic E-state index is 13.0. The Bertz CT molecular complexity index is 1140. The standard InChI is InChI=1S/C27H28N2O5S/c30-25(29-14-35-13-24(29)26(31)32)16-9-15-11-23(21(15)10-16)28-27(33)34-12-22-19-7-3-1-5-17(19)18-6-2-4-8-20(18)22/h1-8,15-16,21-24H,9-14H2,(H,28,33)(H,31,32)/t15-,16?,21-,23+,24+/m1/s1. The first-order valence-electron chi connectivity index (χ1n) is 12.2. The van der Waals surface area contributed by atoms with Crippen LogP contribution in [0.3, 0.4) is 0 Å². The van der Waals surface area contributed by atoms with Crippen LogP contribution in [0, 0.1) is 17.8 Å². The third-order valence-corrected chi connectivity index (χ3v) is 9.28. The third-order valence-electron chi connectivity index (χ3n) is 8.27. The van der Waals surface area contributed by atoms with Crippen molar-refractivity contribution in [3.05, 3.63) is 59.7 Å². The highest BCUT2D eigenvalue weighted by Gasteiger charge is 2.51. The van der Waals surface area contributed by atoms with Gasteiger partial charge in [-0.05, 0) is 53.4 Å². The van der Waals surface area contributed by atoms with Crippen LogP contribution >= 0.6 is 11.8 Å². The van der Waals surface area contributed by atoms with Crippen LogP contribution in [-0.4, -0.2) is 58.3 Å². The first-order valence-corrected chi connectivity index (χ1v) is 13.4. The van der Waals surface area contributed by atoms with Gasteiger partial charge < -0.3 is 20.1 Å². The van der Waals surface area contributed by atoms with Gasteiger partial charge in [0.05, 0.1) is 5.88 Å². The summed E-state index contributed by atoms with van der Waals surface area (Å²) in [6, 6.07) is 15.8. The van der Waals surface area contributed by atoms with Crippen molar-refractivity contribution in [2.75, 3.05) is 18.2 Å². The van der Waals surface area contributed by atoms with Crippen LogP contribution in [-0.2, 0) is 14.3 Å². The molecule has 0 spiro atoms. The number of rotatable bonds is 5. The van der Waals surface area contributed by atoms with Crippen molar-refractivity contribution in [3.63, 3.8) is 0 Å². The van der Waals surface area contributed by atoms with E-state index in [2.05, 4.69) is 29.6 Å². The van der Waals surface area contributed by atoms with Gasteiger partial charge >= 0.3 is 12.1 Å². The Morgan fingerprint density at radius 2 is 1.69 bits per heavy atom. The van der Waals surface area contributed by atoms with Crippen LogP contribution in [0.2, 0.25) is 0 Å². The van der Waals surface area contributed by atoms with Crippen molar-refractivity contribution in [2.45, 2.75) is 37.3 Å². The fraction of sp³-hybridized carbons (Fsp3) is 0.444. The Kier molecular flexibility index (Phi) is 5.71. The van der Waals surface area contributed by atoms with Gasteiger partial charge in [-0.15, -0.1) is 11.8 Å². The van der Waals surface area contributed by atoms with Crippen LogP contribution in [0.5, 0.6) is 0 Å². The van der Waals surface area contributed by atoms with Crippen molar-refractivity contribution < 1.29 is 24.2 Å². The van der Waals surface area contributed by atoms with Gasteiger partial charge in [-0.1, -0.05) is 48.5 Å². The number of hydrogen-bond donors (Lipinski definition) is 2. The molecule has 0 aromatic heterocycles. The number of carbonyl (C=O) groups is 3. The molecule has 2 aromatic carbocycles. The minimum atomic E-state index is -0.931. The van der Waals surface area contributed by atoms with Gasteiger partial charge in [0.25, 0.3) is 0 Å². The first-order chi connectivity index (χ1) is 17.0. The Morgan fingerprint density at radius 3 is 2.37 bits per heavy atom. The predicted molar refractivity (Wildman–Crippen MR) is 132 cm³/mol. The van der Waals surface area contributed by atoms with Gasteiger partial charge in [-0.25, -0.2) is 9.59 Å². The minimum absolute atomic E-state index is 0.0108. The molecule has 182 valence electrons. The van der Waals surface area contributed by atoms with E-state index in [-0.39, 0.29) is 36.3 Å².